The first-order valence-corrected chi connectivity index (χ1v) is 9.48. The van der Waals surface area contributed by atoms with Crippen molar-refractivity contribution in [3.8, 4) is 16.9 Å². The number of pyridine rings is 1. The summed E-state index contributed by atoms with van der Waals surface area (Å²) in [6, 6.07) is 10.3. The first-order chi connectivity index (χ1) is 13.8. The van der Waals surface area contributed by atoms with Crippen LogP contribution in [-0.2, 0) is 4.74 Å². The van der Waals surface area contributed by atoms with Crippen molar-refractivity contribution in [1.29, 1.82) is 5.41 Å². The summed E-state index contributed by atoms with van der Waals surface area (Å²) in [5.41, 5.74) is 4.69. The average Bonchev–Trinajstić information content (AvgIpc) is 3.16. The molecule has 0 amide bonds. The third-order valence-electron chi connectivity index (χ3n) is 4.96. The predicted molar refractivity (Wildman–Crippen MR) is 112 cm³/mol. The van der Waals surface area contributed by atoms with Crippen LogP contribution >= 0.6 is 0 Å². The van der Waals surface area contributed by atoms with Crippen LogP contribution in [0, 0.1) is 5.41 Å². The molecule has 0 aliphatic carbocycles. The van der Waals surface area contributed by atoms with Crippen LogP contribution in [0.5, 0.6) is 5.75 Å². The number of hydrogen-bond acceptors (Lipinski definition) is 5. The second-order valence-electron chi connectivity index (χ2n) is 6.81. The molecule has 3 aromatic rings. The number of allylic oxidation sites excluding steroid dienone is 1. The Morgan fingerprint density at radius 1 is 1.29 bits per heavy atom. The molecule has 6 nitrogen and oxygen atoms in total. The molecule has 1 saturated heterocycles. The minimum atomic E-state index is 0.234. The van der Waals surface area contributed by atoms with E-state index in [0.717, 1.165) is 65.1 Å². The lowest BCUT2D eigenvalue weighted by molar-refractivity contribution is 0.0256. The van der Waals surface area contributed by atoms with Crippen LogP contribution in [0.25, 0.3) is 27.7 Å². The summed E-state index contributed by atoms with van der Waals surface area (Å²) in [6.07, 6.45) is 8.99. The largest absolute Gasteiger partial charge is 0.490 e. The van der Waals surface area contributed by atoms with Crippen LogP contribution < -0.4 is 10.1 Å². The Labute approximate surface area is 164 Å². The van der Waals surface area contributed by atoms with E-state index in [0.29, 0.717) is 0 Å². The third-order valence-corrected chi connectivity index (χ3v) is 4.96. The summed E-state index contributed by atoms with van der Waals surface area (Å²) >= 11 is 0. The molecule has 2 aromatic heterocycles. The zero-order valence-corrected chi connectivity index (χ0v) is 15.9. The molecule has 0 atom stereocenters. The Kier molecular flexibility index (Phi) is 5.39. The van der Waals surface area contributed by atoms with E-state index in [4.69, 9.17) is 14.9 Å². The van der Waals surface area contributed by atoms with Crippen LogP contribution in [-0.4, -0.2) is 42.5 Å². The fourth-order valence-electron chi connectivity index (χ4n) is 3.46. The molecule has 1 fully saturated rings. The lowest BCUT2D eigenvalue weighted by Gasteiger charge is -2.23. The van der Waals surface area contributed by atoms with E-state index in [9.17, 15) is 0 Å². The molecular formula is C22H24N4O2. The van der Waals surface area contributed by atoms with E-state index in [1.165, 1.54) is 6.21 Å². The molecule has 3 N–H and O–H groups in total. The standard InChI is InChI=1S/C22H24N4O2/c1-24-12-17(11-23)16-10-20-21(14-26-22(20)25-13-16)15-2-4-18(5-3-15)28-19-6-8-27-9-7-19/h2-5,10-14,19,23-24H,6-9H2,1H3,(H,25,26)/b17-12+,23-11?. The molecule has 0 unspecified atom stereocenters. The average molecular weight is 376 g/mol. The summed E-state index contributed by atoms with van der Waals surface area (Å²) < 4.78 is 11.5. The molecule has 1 aliphatic rings. The maximum atomic E-state index is 7.63. The fraction of sp³-hybridized carbons (Fsp3) is 0.273. The van der Waals surface area contributed by atoms with Gasteiger partial charge in [0.25, 0.3) is 0 Å². The molecule has 6 heteroatoms. The van der Waals surface area contributed by atoms with E-state index >= 15 is 0 Å². The van der Waals surface area contributed by atoms with Gasteiger partial charge in [0.15, 0.2) is 0 Å². The van der Waals surface area contributed by atoms with E-state index in [-0.39, 0.29) is 6.10 Å². The number of fused-ring (bicyclic) bond motifs is 1. The van der Waals surface area contributed by atoms with Gasteiger partial charge in [0.05, 0.1) is 13.2 Å². The van der Waals surface area contributed by atoms with Gasteiger partial charge >= 0.3 is 0 Å². The van der Waals surface area contributed by atoms with Gasteiger partial charge in [0.1, 0.15) is 17.5 Å². The number of rotatable bonds is 6. The quantitative estimate of drug-likeness (QED) is 0.568. The molecule has 0 spiro atoms. The van der Waals surface area contributed by atoms with E-state index in [1.54, 1.807) is 12.4 Å². The summed E-state index contributed by atoms with van der Waals surface area (Å²) in [4.78, 5) is 7.74. The van der Waals surface area contributed by atoms with Crippen LogP contribution in [0.3, 0.4) is 0 Å². The zero-order valence-electron chi connectivity index (χ0n) is 15.9. The molecule has 0 radical (unpaired) electrons. The normalized spacial score (nSPS) is 15.5. The van der Waals surface area contributed by atoms with Gasteiger partial charge in [-0.2, -0.15) is 0 Å². The van der Waals surface area contributed by atoms with Gasteiger partial charge in [-0.3, -0.25) is 0 Å². The maximum absolute atomic E-state index is 7.63. The number of nitrogens with zero attached hydrogens (tertiary/aromatic N) is 1. The van der Waals surface area contributed by atoms with Crippen molar-refractivity contribution in [2.24, 2.45) is 0 Å². The second-order valence-corrected chi connectivity index (χ2v) is 6.81. The van der Waals surface area contributed by atoms with Crippen molar-refractivity contribution in [3.63, 3.8) is 0 Å². The molecule has 3 heterocycles. The highest BCUT2D eigenvalue weighted by atomic mass is 16.5. The zero-order chi connectivity index (χ0) is 19.3. The number of hydrogen-bond donors (Lipinski definition) is 3. The topological polar surface area (TPSA) is 83.0 Å². The summed E-state index contributed by atoms with van der Waals surface area (Å²) in [5.74, 6) is 0.886. The summed E-state index contributed by atoms with van der Waals surface area (Å²) in [7, 11) is 1.82. The van der Waals surface area contributed by atoms with Gasteiger partial charge in [-0.15, -0.1) is 0 Å². The number of aromatic amines is 1. The SMILES string of the molecule is CN/C=C(\C=N)c1cnc2[nH]cc(-c3ccc(OC4CCOCC4)cc3)c2c1. The van der Waals surface area contributed by atoms with Crippen LogP contribution in [0.2, 0.25) is 0 Å². The van der Waals surface area contributed by atoms with Crippen molar-refractivity contribution in [3.05, 3.63) is 54.5 Å². The van der Waals surface area contributed by atoms with Crippen molar-refractivity contribution < 1.29 is 9.47 Å². The van der Waals surface area contributed by atoms with Crippen LogP contribution in [0.15, 0.2) is 48.9 Å². The Hall–Kier alpha value is -3.12. The second kappa shape index (κ2) is 8.27. The third kappa shape index (κ3) is 3.77. The lowest BCUT2D eigenvalue weighted by Crippen LogP contribution is -2.25. The van der Waals surface area contributed by atoms with Crippen molar-refractivity contribution in [1.82, 2.24) is 15.3 Å². The van der Waals surface area contributed by atoms with E-state index < -0.39 is 0 Å². The molecule has 0 bridgehead atoms. The smallest absolute Gasteiger partial charge is 0.137 e. The molecule has 28 heavy (non-hydrogen) atoms. The Balaban J connectivity index is 1.61. The number of aromatic nitrogens is 2. The molecule has 1 aliphatic heterocycles. The molecule has 0 saturated carbocycles. The summed E-state index contributed by atoms with van der Waals surface area (Å²) in [6.45, 7) is 1.54. The van der Waals surface area contributed by atoms with E-state index in [2.05, 4.69) is 33.5 Å². The number of benzene rings is 1. The first kappa shape index (κ1) is 18.3. The minimum absolute atomic E-state index is 0.234. The van der Waals surface area contributed by atoms with Crippen molar-refractivity contribution >= 4 is 22.8 Å². The molecular weight excluding hydrogens is 352 g/mol. The number of ether oxygens (including phenoxy) is 2. The van der Waals surface area contributed by atoms with Gasteiger partial charge in [0.2, 0.25) is 0 Å². The predicted octanol–water partition coefficient (Wildman–Crippen LogP) is 4.00. The fourth-order valence-corrected chi connectivity index (χ4v) is 3.46. The maximum Gasteiger partial charge on any atom is 0.137 e. The minimum Gasteiger partial charge on any atom is -0.490 e. The van der Waals surface area contributed by atoms with Gasteiger partial charge in [-0.25, -0.2) is 4.98 Å². The highest BCUT2D eigenvalue weighted by Gasteiger charge is 2.15. The molecule has 1 aromatic carbocycles. The highest BCUT2D eigenvalue weighted by molar-refractivity contribution is 6.09. The number of H-pyrrole nitrogens is 1. The Morgan fingerprint density at radius 2 is 2.07 bits per heavy atom. The van der Waals surface area contributed by atoms with Gasteiger partial charge in [0, 0.05) is 66.8 Å². The van der Waals surface area contributed by atoms with Crippen LogP contribution in [0.1, 0.15) is 18.4 Å². The van der Waals surface area contributed by atoms with Crippen molar-refractivity contribution in [2.75, 3.05) is 20.3 Å². The first-order valence-electron chi connectivity index (χ1n) is 9.48. The Bertz CT molecular complexity index is 985. The Morgan fingerprint density at radius 3 is 2.79 bits per heavy atom. The molecule has 4 rings (SSSR count). The van der Waals surface area contributed by atoms with Gasteiger partial charge in [-0.05, 0) is 23.8 Å². The summed E-state index contributed by atoms with van der Waals surface area (Å²) in [5, 5.41) is 11.6. The monoisotopic (exact) mass is 376 g/mol. The van der Waals surface area contributed by atoms with Crippen molar-refractivity contribution in [2.45, 2.75) is 18.9 Å². The molecule has 144 valence electrons. The van der Waals surface area contributed by atoms with Crippen LogP contribution in [0.4, 0.5) is 0 Å². The van der Waals surface area contributed by atoms with Gasteiger partial charge in [-0.1, -0.05) is 12.1 Å². The van der Waals surface area contributed by atoms with Gasteiger partial charge < -0.3 is 25.2 Å². The van der Waals surface area contributed by atoms with E-state index in [1.807, 2.05) is 25.4 Å². The highest BCUT2D eigenvalue weighted by Crippen LogP contribution is 2.31. The lowest BCUT2D eigenvalue weighted by atomic mass is 10.0. The number of nitrogens with one attached hydrogen (secondary N) is 3.